The van der Waals surface area contributed by atoms with Crippen LogP contribution < -0.4 is 5.32 Å². The first-order chi connectivity index (χ1) is 6.72. The molecule has 0 saturated heterocycles. The Balaban J connectivity index is 2.37. The summed E-state index contributed by atoms with van der Waals surface area (Å²) in [6.45, 7) is 2.24. The number of aryl methyl sites for hydroxylation is 1. The summed E-state index contributed by atoms with van der Waals surface area (Å²) >= 11 is 0. The molecule has 0 radical (unpaired) electrons. The monoisotopic (exact) mass is 189 g/mol. The fraction of sp³-hybridized carbons (Fsp3) is 0.417. The zero-order valence-corrected chi connectivity index (χ0v) is 8.63. The van der Waals surface area contributed by atoms with Gasteiger partial charge in [-0.05, 0) is 42.0 Å². The molecule has 14 heavy (non-hydrogen) atoms. The Hall–Kier alpha value is -1.31. The van der Waals surface area contributed by atoms with Gasteiger partial charge in [-0.2, -0.15) is 0 Å². The molecule has 1 unspecified atom stereocenters. The Morgan fingerprint density at radius 3 is 3.00 bits per heavy atom. The Labute approximate surface area is 84.3 Å². The van der Waals surface area contributed by atoms with E-state index in [4.69, 9.17) is 0 Å². The second-order valence-electron chi connectivity index (χ2n) is 3.93. The van der Waals surface area contributed by atoms with Gasteiger partial charge < -0.3 is 5.32 Å². The van der Waals surface area contributed by atoms with Crippen LogP contribution in [0.4, 0.5) is 0 Å². The predicted molar refractivity (Wildman–Crippen MR) is 56.6 cm³/mol. The van der Waals surface area contributed by atoms with E-state index in [9.17, 15) is 4.79 Å². The van der Waals surface area contributed by atoms with Gasteiger partial charge >= 0.3 is 0 Å². The summed E-state index contributed by atoms with van der Waals surface area (Å²) in [6, 6.07) is 6.04. The van der Waals surface area contributed by atoms with E-state index in [-0.39, 0.29) is 5.91 Å². The van der Waals surface area contributed by atoms with Gasteiger partial charge in [-0.3, -0.25) is 4.79 Å². The van der Waals surface area contributed by atoms with E-state index < -0.39 is 0 Å². The Kier molecular flexibility index (Phi) is 2.28. The molecule has 0 spiro atoms. The van der Waals surface area contributed by atoms with Crippen LogP contribution in [-0.4, -0.2) is 13.0 Å². The number of carbonyl (C=O) groups excluding carboxylic acids is 1. The molecule has 1 aromatic rings. The lowest BCUT2D eigenvalue weighted by atomic mass is 10.0. The fourth-order valence-electron chi connectivity index (χ4n) is 2.12. The van der Waals surface area contributed by atoms with Crippen molar-refractivity contribution in [2.24, 2.45) is 0 Å². The molecule has 1 amide bonds. The first-order valence-corrected chi connectivity index (χ1v) is 5.07. The summed E-state index contributed by atoms with van der Waals surface area (Å²) in [6.07, 6.45) is 2.33. The van der Waals surface area contributed by atoms with Gasteiger partial charge in [-0.25, -0.2) is 0 Å². The third kappa shape index (κ3) is 1.41. The molecule has 0 aliphatic heterocycles. The summed E-state index contributed by atoms with van der Waals surface area (Å²) in [5, 5.41) is 2.64. The average Bonchev–Trinajstić information content (AvgIpc) is 2.59. The van der Waals surface area contributed by atoms with Crippen LogP contribution in [0, 0.1) is 0 Å². The van der Waals surface area contributed by atoms with Crippen molar-refractivity contribution < 1.29 is 4.79 Å². The van der Waals surface area contributed by atoms with Crippen molar-refractivity contribution >= 4 is 5.91 Å². The summed E-state index contributed by atoms with van der Waals surface area (Å²) < 4.78 is 0. The highest BCUT2D eigenvalue weighted by atomic mass is 16.1. The second kappa shape index (κ2) is 3.45. The lowest BCUT2D eigenvalue weighted by Crippen LogP contribution is -2.17. The largest absolute Gasteiger partial charge is 0.355 e. The molecule has 74 valence electrons. The number of hydrogen-bond acceptors (Lipinski definition) is 1. The van der Waals surface area contributed by atoms with Crippen molar-refractivity contribution in [1.82, 2.24) is 5.32 Å². The fourth-order valence-corrected chi connectivity index (χ4v) is 2.12. The van der Waals surface area contributed by atoms with Crippen molar-refractivity contribution in [1.29, 1.82) is 0 Å². The molecule has 2 heteroatoms. The molecule has 0 heterocycles. The minimum atomic E-state index is 0.00681. The summed E-state index contributed by atoms with van der Waals surface area (Å²) in [4.78, 5) is 11.4. The van der Waals surface area contributed by atoms with Gasteiger partial charge in [0.15, 0.2) is 0 Å². The van der Waals surface area contributed by atoms with Crippen LogP contribution in [0.15, 0.2) is 18.2 Å². The minimum Gasteiger partial charge on any atom is -0.355 e. The van der Waals surface area contributed by atoms with Crippen molar-refractivity contribution in [3.63, 3.8) is 0 Å². The molecular formula is C12H15NO. The van der Waals surface area contributed by atoms with E-state index in [0.717, 1.165) is 12.0 Å². The summed E-state index contributed by atoms with van der Waals surface area (Å²) in [7, 11) is 1.66. The van der Waals surface area contributed by atoms with Crippen LogP contribution in [0.5, 0.6) is 0 Å². The molecule has 2 nitrogen and oxygen atoms in total. The number of hydrogen-bond donors (Lipinski definition) is 1. The lowest BCUT2D eigenvalue weighted by Gasteiger charge is -2.05. The average molecular weight is 189 g/mol. The number of nitrogens with one attached hydrogen (secondary N) is 1. The van der Waals surface area contributed by atoms with E-state index in [2.05, 4.69) is 18.3 Å². The van der Waals surface area contributed by atoms with Crippen molar-refractivity contribution in [3.05, 3.63) is 34.9 Å². The molecule has 0 bridgehead atoms. The number of rotatable bonds is 1. The molecule has 0 aromatic heterocycles. The maximum absolute atomic E-state index is 11.4. The molecule has 1 atom stereocenters. The molecule has 2 rings (SSSR count). The number of carbonyl (C=O) groups is 1. The molecule has 0 saturated carbocycles. The molecule has 1 aromatic carbocycles. The smallest absolute Gasteiger partial charge is 0.251 e. The van der Waals surface area contributed by atoms with Crippen LogP contribution in [0.25, 0.3) is 0 Å². The molecule has 0 fully saturated rings. The van der Waals surface area contributed by atoms with Gasteiger partial charge in [0.2, 0.25) is 0 Å². The van der Waals surface area contributed by atoms with Crippen LogP contribution in [0.3, 0.4) is 0 Å². The molecular weight excluding hydrogens is 174 g/mol. The highest BCUT2D eigenvalue weighted by Crippen LogP contribution is 2.32. The van der Waals surface area contributed by atoms with Gasteiger partial charge in [-0.15, -0.1) is 0 Å². The molecule has 1 aliphatic rings. The first-order valence-electron chi connectivity index (χ1n) is 5.07. The van der Waals surface area contributed by atoms with E-state index in [1.807, 2.05) is 12.1 Å². The van der Waals surface area contributed by atoms with Crippen molar-refractivity contribution in [3.8, 4) is 0 Å². The van der Waals surface area contributed by atoms with Crippen molar-refractivity contribution in [2.75, 3.05) is 7.05 Å². The normalized spacial score (nSPS) is 19.1. The van der Waals surface area contributed by atoms with Gasteiger partial charge in [-0.1, -0.05) is 13.0 Å². The third-order valence-corrected chi connectivity index (χ3v) is 3.01. The summed E-state index contributed by atoms with van der Waals surface area (Å²) in [5.41, 5.74) is 3.54. The topological polar surface area (TPSA) is 29.1 Å². The minimum absolute atomic E-state index is 0.00681. The maximum Gasteiger partial charge on any atom is 0.251 e. The van der Waals surface area contributed by atoms with E-state index >= 15 is 0 Å². The molecule has 1 N–H and O–H groups in total. The number of fused-ring (bicyclic) bond motifs is 1. The molecule has 1 aliphatic carbocycles. The highest BCUT2D eigenvalue weighted by Gasteiger charge is 2.19. The van der Waals surface area contributed by atoms with Crippen LogP contribution in [0.1, 0.15) is 40.7 Å². The first kappa shape index (κ1) is 9.25. The number of benzene rings is 1. The summed E-state index contributed by atoms with van der Waals surface area (Å²) in [5.74, 6) is 0.663. The van der Waals surface area contributed by atoms with Crippen LogP contribution in [0.2, 0.25) is 0 Å². The standard InChI is InChI=1S/C12H15NO/c1-8-3-4-9-7-10(12(14)13-2)5-6-11(8)9/h5-8H,3-4H2,1-2H3,(H,13,14). The van der Waals surface area contributed by atoms with Gasteiger partial charge in [0.05, 0.1) is 0 Å². The SMILES string of the molecule is CNC(=O)c1ccc2c(c1)CCC2C. The van der Waals surface area contributed by atoms with E-state index in [0.29, 0.717) is 5.92 Å². The predicted octanol–water partition coefficient (Wildman–Crippen LogP) is 2.10. The Morgan fingerprint density at radius 2 is 2.29 bits per heavy atom. The Bertz CT molecular complexity index is 371. The third-order valence-electron chi connectivity index (χ3n) is 3.01. The lowest BCUT2D eigenvalue weighted by molar-refractivity contribution is 0.0963. The van der Waals surface area contributed by atoms with Gasteiger partial charge in [0, 0.05) is 12.6 Å². The zero-order valence-electron chi connectivity index (χ0n) is 8.63. The van der Waals surface area contributed by atoms with Gasteiger partial charge in [0.25, 0.3) is 5.91 Å². The quantitative estimate of drug-likeness (QED) is 0.720. The van der Waals surface area contributed by atoms with Crippen LogP contribution in [-0.2, 0) is 6.42 Å². The van der Waals surface area contributed by atoms with E-state index in [1.54, 1.807) is 7.05 Å². The maximum atomic E-state index is 11.4. The number of amides is 1. The van der Waals surface area contributed by atoms with Crippen LogP contribution >= 0.6 is 0 Å². The second-order valence-corrected chi connectivity index (χ2v) is 3.93. The van der Waals surface area contributed by atoms with E-state index in [1.165, 1.54) is 17.5 Å². The van der Waals surface area contributed by atoms with Crippen molar-refractivity contribution in [2.45, 2.75) is 25.7 Å². The zero-order chi connectivity index (χ0) is 10.1. The Morgan fingerprint density at radius 1 is 1.50 bits per heavy atom. The van der Waals surface area contributed by atoms with Gasteiger partial charge in [0.1, 0.15) is 0 Å². The highest BCUT2D eigenvalue weighted by molar-refractivity contribution is 5.94.